The molecule has 3 aromatic heterocycles. The molecule has 0 spiro atoms. The van der Waals surface area contributed by atoms with E-state index in [4.69, 9.17) is 0 Å². The van der Waals surface area contributed by atoms with Crippen molar-refractivity contribution in [3.8, 4) is 0 Å². The highest BCUT2D eigenvalue weighted by Gasteiger charge is 2.01. The molecule has 17 heavy (non-hydrogen) atoms. The van der Waals surface area contributed by atoms with Crippen molar-refractivity contribution in [3.05, 3.63) is 59.3 Å². The lowest BCUT2D eigenvalue weighted by molar-refractivity contribution is -0.603. The molecule has 3 rings (SSSR count). The van der Waals surface area contributed by atoms with Crippen molar-refractivity contribution in [3.63, 3.8) is 0 Å². The second-order valence-electron chi connectivity index (χ2n) is 3.31. The van der Waals surface area contributed by atoms with E-state index in [1.807, 2.05) is 25.1 Å². The third-order valence-corrected chi connectivity index (χ3v) is 2.93. The molecule has 4 nitrogen and oxygen atoms in total. The first-order valence-electron chi connectivity index (χ1n) is 5.06. The summed E-state index contributed by atoms with van der Waals surface area (Å²) < 4.78 is 1.83. The summed E-state index contributed by atoms with van der Waals surface area (Å²) in [6.07, 6.45) is 6.47. The molecule has 0 aliphatic carbocycles. The minimum atomic E-state index is 0.765. The van der Waals surface area contributed by atoms with E-state index >= 15 is 0 Å². The van der Waals surface area contributed by atoms with Gasteiger partial charge in [0.05, 0.1) is 9.71 Å². The minimum absolute atomic E-state index is 0.765. The predicted molar refractivity (Wildman–Crippen MR) is 67.6 cm³/mol. The molecule has 5 heteroatoms. The van der Waals surface area contributed by atoms with Gasteiger partial charge >= 0.3 is 0 Å². The van der Waals surface area contributed by atoms with Gasteiger partial charge < -0.3 is 5.21 Å². The summed E-state index contributed by atoms with van der Waals surface area (Å²) in [4.78, 5) is 7.96. The fourth-order valence-electron chi connectivity index (χ4n) is 1.29. The van der Waals surface area contributed by atoms with E-state index in [9.17, 15) is 5.21 Å². The summed E-state index contributed by atoms with van der Waals surface area (Å²) in [6.45, 7) is 1.93. The van der Waals surface area contributed by atoms with Crippen molar-refractivity contribution in [2.45, 2.75) is 6.92 Å². The summed E-state index contributed by atoms with van der Waals surface area (Å²) in [5.74, 6) is 0. The van der Waals surface area contributed by atoms with Crippen LogP contribution in [-0.4, -0.2) is 9.97 Å². The Morgan fingerprint density at radius 1 is 1.24 bits per heavy atom. The number of nitrogens with zero attached hydrogens (tertiary/aromatic N) is 3. The van der Waals surface area contributed by atoms with Crippen LogP contribution in [0.15, 0.2) is 49.1 Å². The number of fused-ring (bicyclic) bond motifs is 1. The molecule has 0 saturated heterocycles. The molecule has 0 amide bonds. The van der Waals surface area contributed by atoms with E-state index in [0.29, 0.717) is 0 Å². The quantitative estimate of drug-likeness (QED) is 0.451. The molecule has 0 unspecified atom stereocenters. The van der Waals surface area contributed by atoms with Crippen LogP contribution in [0.4, 0.5) is 0 Å². The molecular weight excluding hydrogens is 234 g/mol. The van der Waals surface area contributed by atoms with Crippen molar-refractivity contribution in [2.24, 2.45) is 0 Å². The van der Waals surface area contributed by atoms with Crippen LogP contribution >= 0.6 is 11.3 Å². The van der Waals surface area contributed by atoms with Crippen LogP contribution in [-0.2, 0) is 0 Å². The molecule has 0 N–H and O–H groups in total. The van der Waals surface area contributed by atoms with Gasteiger partial charge in [-0.15, -0.1) is 11.3 Å². The third kappa shape index (κ3) is 3.22. The molecule has 0 aromatic carbocycles. The van der Waals surface area contributed by atoms with E-state index < -0.39 is 0 Å². The van der Waals surface area contributed by atoms with Gasteiger partial charge in [-0.1, -0.05) is 6.07 Å². The Morgan fingerprint density at radius 3 is 2.59 bits per heavy atom. The molecule has 0 aliphatic heterocycles. The second-order valence-corrected chi connectivity index (χ2v) is 4.55. The second kappa shape index (κ2) is 5.36. The molecule has 0 saturated carbocycles. The Balaban J connectivity index is 0.000000153. The molecule has 0 atom stereocenters. The van der Waals surface area contributed by atoms with Crippen molar-refractivity contribution in [1.82, 2.24) is 9.97 Å². The molecule has 3 aromatic rings. The predicted octanol–water partition coefficient (Wildman–Crippen LogP) is 2.32. The largest absolute Gasteiger partial charge is 0.619 e. The van der Waals surface area contributed by atoms with E-state index in [1.165, 1.54) is 12.4 Å². The van der Waals surface area contributed by atoms with Gasteiger partial charge in [-0.25, -0.2) is 4.98 Å². The fourth-order valence-corrected chi connectivity index (χ4v) is 2.08. The smallest absolute Gasteiger partial charge is 0.207 e. The highest BCUT2D eigenvalue weighted by Crippen LogP contribution is 2.18. The Kier molecular flexibility index (Phi) is 3.62. The van der Waals surface area contributed by atoms with Gasteiger partial charge in [0.15, 0.2) is 6.20 Å². The van der Waals surface area contributed by atoms with Crippen molar-refractivity contribution in [1.29, 1.82) is 0 Å². The Hall–Kier alpha value is -2.01. The van der Waals surface area contributed by atoms with E-state index in [0.717, 1.165) is 20.0 Å². The lowest BCUT2D eigenvalue weighted by Crippen LogP contribution is -2.23. The molecule has 0 aliphatic rings. The van der Waals surface area contributed by atoms with E-state index in [1.54, 1.807) is 29.8 Å². The van der Waals surface area contributed by atoms with Gasteiger partial charge in [0.2, 0.25) is 6.20 Å². The maximum atomic E-state index is 10.8. The van der Waals surface area contributed by atoms with Crippen LogP contribution in [0.1, 0.15) is 5.01 Å². The number of rotatable bonds is 0. The molecule has 86 valence electrons. The van der Waals surface area contributed by atoms with E-state index in [2.05, 4.69) is 9.97 Å². The van der Waals surface area contributed by atoms with Crippen molar-refractivity contribution >= 4 is 21.6 Å². The standard InChI is InChI=1S/C7H6N2OS.C5H5N/c1-5-8-6-4-9(10)3-2-7(6)11-5;1-2-4-6-5-3-1/h2-4H,1H3;1-5H. The average Bonchev–Trinajstić information content (AvgIpc) is 2.71. The van der Waals surface area contributed by atoms with Crippen LogP contribution < -0.4 is 4.73 Å². The van der Waals surface area contributed by atoms with Gasteiger partial charge in [0.25, 0.3) is 0 Å². The number of thiazole rings is 1. The zero-order valence-corrected chi connectivity index (χ0v) is 10.1. The maximum absolute atomic E-state index is 10.8. The highest BCUT2D eigenvalue weighted by molar-refractivity contribution is 7.18. The first kappa shape index (κ1) is 11.5. The third-order valence-electron chi connectivity index (χ3n) is 1.98. The van der Waals surface area contributed by atoms with Crippen LogP contribution in [0.25, 0.3) is 10.2 Å². The first-order valence-corrected chi connectivity index (χ1v) is 5.88. The number of hydrogen-bond donors (Lipinski definition) is 0. The fraction of sp³-hybridized carbons (Fsp3) is 0.0833. The Bertz CT molecular complexity index is 568. The molecule has 3 heterocycles. The average molecular weight is 245 g/mol. The topological polar surface area (TPSA) is 52.7 Å². The number of aromatic nitrogens is 3. The summed E-state index contributed by atoms with van der Waals surface area (Å²) in [6, 6.07) is 7.50. The Morgan fingerprint density at radius 2 is 2.00 bits per heavy atom. The van der Waals surface area contributed by atoms with E-state index in [-0.39, 0.29) is 0 Å². The van der Waals surface area contributed by atoms with Crippen molar-refractivity contribution < 1.29 is 4.73 Å². The molecular formula is C12H11N3OS. The summed E-state index contributed by atoms with van der Waals surface area (Å²) in [7, 11) is 0. The zero-order chi connectivity index (χ0) is 12.1. The number of aryl methyl sites for hydroxylation is 1. The van der Waals surface area contributed by atoms with Gasteiger partial charge in [-0.05, 0) is 19.1 Å². The van der Waals surface area contributed by atoms with Gasteiger partial charge in [0, 0.05) is 18.5 Å². The normalized spacial score (nSPS) is 9.71. The summed E-state index contributed by atoms with van der Waals surface area (Å²) in [5.41, 5.74) is 0.782. The first-order chi connectivity index (χ1) is 8.25. The van der Waals surface area contributed by atoms with Crippen molar-refractivity contribution in [2.75, 3.05) is 0 Å². The zero-order valence-electron chi connectivity index (χ0n) is 9.28. The van der Waals surface area contributed by atoms with Gasteiger partial charge in [-0.3, -0.25) is 4.98 Å². The SMILES string of the molecule is Cc1nc2c[n+]([O-])ccc2s1.c1ccncc1. The lowest BCUT2D eigenvalue weighted by atomic mass is 10.4. The highest BCUT2D eigenvalue weighted by atomic mass is 32.1. The lowest BCUT2D eigenvalue weighted by Gasteiger charge is -1.91. The van der Waals surface area contributed by atoms with Crippen LogP contribution in [0.3, 0.4) is 0 Å². The van der Waals surface area contributed by atoms with Gasteiger partial charge in [-0.2, -0.15) is 4.73 Å². The summed E-state index contributed by atoms with van der Waals surface area (Å²) >= 11 is 1.60. The molecule has 0 fully saturated rings. The summed E-state index contributed by atoms with van der Waals surface area (Å²) in [5, 5.41) is 11.8. The number of hydrogen-bond acceptors (Lipinski definition) is 4. The molecule has 0 radical (unpaired) electrons. The molecule has 0 bridgehead atoms. The van der Waals surface area contributed by atoms with Crippen LogP contribution in [0.5, 0.6) is 0 Å². The maximum Gasteiger partial charge on any atom is 0.207 e. The van der Waals surface area contributed by atoms with Crippen LogP contribution in [0.2, 0.25) is 0 Å². The van der Waals surface area contributed by atoms with Gasteiger partial charge in [0.1, 0.15) is 5.52 Å². The number of pyridine rings is 2. The minimum Gasteiger partial charge on any atom is -0.619 e. The Labute approximate surface area is 103 Å². The monoisotopic (exact) mass is 245 g/mol. The van der Waals surface area contributed by atoms with Crippen LogP contribution in [0, 0.1) is 12.1 Å².